The number of hydrogen-bond acceptors (Lipinski definition) is 4. The fraction of sp³-hybridized carbons (Fsp3) is 0.824. The predicted octanol–water partition coefficient (Wildman–Crippen LogP) is 1.90. The first-order chi connectivity index (χ1) is 11.0. The molecular formula is C17H31N5O. The van der Waals surface area contributed by atoms with Gasteiger partial charge in [0.25, 0.3) is 0 Å². The van der Waals surface area contributed by atoms with Gasteiger partial charge in [-0.1, -0.05) is 13.8 Å². The van der Waals surface area contributed by atoms with Crippen molar-refractivity contribution < 1.29 is 4.79 Å². The summed E-state index contributed by atoms with van der Waals surface area (Å²) in [6, 6.07) is 0. The van der Waals surface area contributed by atoms with Gasteiger partial charge in [0.15, 0.2) is 0 Å². The summed E-state index contributed by atoms with van der Waals surface area (Å²) < 4.78 is 1.98. The van der Waals surface area contributed by atoms with Crippen molar-refractivity contribution in [2.45, 2.75) is 59.9 Å². The molecule has 6 heteroatoms. The lowest BCUT2D eigenvalue weighted by molar-refractivity contribution is -0.144. The maximum absolute atomic E-state index is 13.0. The van der Waals surface area contributed by atoms with E-state index in [2.05, 4.69) is 23.9 Å². The molecule has 1 aromatic rings. The van der Waals surface area contributed by atoms with E-state index < -0.39 is 0 Å². The molecule has 0 bridgehead atoms. The number of rotatable bonds is 6. The largest absolute Gasteiger partial charge is 0.342 e. The molecule has 1 aliphatic heterocycles. The van der Waals surface area contributed by atoms with E-state index in [0.29, 0.717) is 12.5 Å². The van der Waals surface area contributed by atoms with Crippen molar-refractivity contribution in [3.8, 4) is 0 Å². The first-order valence-corrected chi connectivity index (χ1v) is 8.83. The molecule has 1 unspecified atom stereocenters. The number of aromatic nitrogens is 3. The van der Waals surface area contributed by atoms with Crippen LogP contribution >= 0.6 is 0 Å². The summed E-state index contributed by atoms with van der Waals surface area (Å²) in [5.74, 6) is 2.44. The Bertz CT molecular complexity index is 527. The lowest BCUT2D eigenvalue weighted by Crippen LogP contribution is -2.51. The Balaban J connectivity index is 2.05. The van der Waals surface area contributed by atoms with E-state index in [9.17, 15) is 4.79 Å². The predicted molar refractivity (Wildman–Crippen MR) is 90.9 cm³/mol. The van der Waals surface area contributed by atoms with Gasteiger partial charge < -0.3 is 10.6 Å². The van der Waals surface area contributed by atoms with Crippen molar-refractivity contribution in [3.05, 3.63) is 11.6 Å². The van der Waals surface area contributed by atoms with E-state index in [-0.39, 0.29) is 11.3 Å². The SMILES string of the molecule is CCC(CC)(CN)C(=O)N1CCCC(Cn2nc(C)nc2C)C1. The van der Waals surface area contributed by atoms with Crippen LogP contribution in [-0.4, -0.2) is 45.2 Å². The van der Waals surface area contributed by atoms with Crippen LogP contribution in [0.25, 0.3) is 0 Å². The highest BCUT2D eigenvalue weighted by Crippen LogP contribution is 2.30. The molecule has 1 fully saturated rings. The third-order valence-corrected chi connectivity index (χ3v) is 5.40. The van der Waals surface area contributed by atoms with Crippen LogP contribution < -0.4 is 5.73 Å². The topological polar surface area (TPSA) is 77.0 Å². The highest BCUT2D eigenvalue weighted by atomic mass is 16.2. The third kappa shape index (κ3) is 3.74. The average molecular weight is 321 g/mol. The molecule has 1 saturated heterocycles. The van der Waals surface area contributed by atoms with Gasteiger partial charge in [-0.15, -0.1) is 0 Å². The zero-order chi connectivity index (χ0) is 17.0. The number of carbonyl (C=O) groups excluding carboxylic acids is 1. The molecule has 0 spiro atoms. The Morgan fingerprint density at radius 2 is 2.04 bits per heavy atom. The van der Waals surface area contributed by atoms with Crippen LogP contribution in [0.4, 0.5) is 0 Å². The second kappa shape index (κ2) is 7.43. The van der Waals surface area contributed by atoms with Gasteiger partial charge in [0.05, 0.1) is 5.41 Å². The van der Waals surface area contributed by atoms with Crippen LogP contribution in [0.2, 0.25) is 0 Å². The first kappa shape index (κ1) is 17.9. The number of nitrogens with zero attached hydrogens (tertiary/aromatic N) is 4. The van der Waals surface area contributed by atoms with Crippen molar-refractivity contribution >= 4 is 5.91 Å². The van der Waals surface area contributed by atoms with Gasteiger partial charge in [-0.25, -0.2) is 9.67 Å². The lowest BCUT2D eigenvalue weighted by atomic mass is 9.80. The second-order valence-corrected chi connectivity index (χ2v) is 6.84. The fourth-order valence-electron chi connectivity index (χ4n) is 3.64. The van der Waals surface area contributed by atoms with Gasteiger partial charge >= 0.3 is 0 Å². The Labute approximate surface area is 139 Å². The molecule has 1 amide bonds. The number of hydrogen-bond donors (Lipinski definition) is 1. The minimum Gasteiger partial charge on any atom is -0.342 e. The summed E-state index contributed by atoms with van der Waals surface area (Å²) in [5.41, 5.74) is 5.56. The molecule has 2 heterocycles. The molecule has 130 valence electrons. The maximum atomic E-state index is 13.0. The number of carbonyl (C=O) groups is 1. The van der Waals surface area contributed by atoms with Gasteiger partial charge in [-0.05, 0) is 45.4 Å². The summed E-state index contributed by atoms with van der Waals surface area (Å²) in [5, 5.41) is 4.45. The minimum atomic E-state index is -0.387. The number of aryl methyl sites for hydroxylation is 2. The molecule has 1 atom stereocenters. The van der Waals surface area contributed by atoms with Crippen LogP contribution in [0.3, 0.4) is 0 Å². The Morgan fingerprint density at radius 1 is 1.35 bits per heavy atom. The molecule has 1 aliphatic rings. The van der Waals surface area contributed by atoms with Gasteiger partial charge in [-0.3, -0.25) is 4.79 Å². The summed E-state index contributed by atoms with van der Waals surface area (Å²) in [6.45, 7) is 11.0. The molecule has 2 rings (SSSR count). The number of amides is 1. The van der Waals surface area contributed by atoms with Crippen molar-refractivity contribution in [1.29, 1.82) is 0 Å². The third-order valence-electron chi connectivity index (χ3n) is 5.40. The summed E-state index contributed by atoms with van der Waals surface area (Å²) in [4.78, 5) is 19.4. The molecule has 0 aliphatic carbocycles. The summed E-state index contributed by atoms with van der Waals surface area (Å²) in [6.07, 6.45) is 3.80. The molecule has 0 radical (unpaired) electrons. The molecular weight excluding hydrogens is 290 g/mol. The van der Waals surface area contributed by atoms with E-state index in [1.165, 1.54) is 0 Å². The number of likely N-dealkylation sites (tertiary alicyclic amines) is 1. The highest BCUT2D eigenvalue weighted by molar-refractivity contribution is 5.83. The monoisotopic (exact) mass is 321 g/mol. The minimum absolute atomic E-state index is 0.237. The summed E-state index contributed by atoms with van der Waals surface area (Å²) in [7, 11) is 0. The van der Waals surface area contributed by atoms with Crippen molar-refractivity contribution in [3.63, 3.8) is 0 Å². The van der Waals surface area contributed by atoms with Crippen LogP contribution in [0.15, 0.2) is 0 Å². The molecule has 0 aromatic carbocycles. The molecule has 6 nitrogen and oxygen atoms in total. The Morgan fingerprint density at radius 3 is 2.57 bits per heavy atom. The first-order valence-electron chi connectivity index (χ1n) is 8.83. The lowest BCUT2D eigenvalue weighted by Gasteiger charge is -2.39. The quantitative estimate of drug-likeness (QED) is 0.868. The summed E-state index contributed by atoms with van der Waals surface area (Å²) >= 11 is 0. The standard InChI is InChI=1S/C17H31N5O/c1-5-17(6-2,12-18)16(23)21-9-7-8-15(10-21)11-22-14(4)19-13(3)20-22/h15H,5-12,18H2,1-4H3. The van der Waals surface area contributed by atoms with E-state index in [0.717, 1.165) is 57.0 Å². The Kier molecular flexibility index (Phi) is 5.79. The van der Waals surface area contributed by atoms with Crippen LogP contribution in [0.5, 0.6) is 0 Å². The van der Waals surface area contributed by atoms with E-state index in [1.807, 2.05) is 23.4 Å². The molecule has 2 N–H and O–H groups in total. The number of nitrogens with two attached hydrogens (primary N) is 1. The Hall–Kier alpha value is -1.43. The van der Waals surface area contributed by atoms with Crippen LogP contribution in [-0.2, 0) is 11.3 Å². The molecule has 23 heavy (non-hydrogen) atoms. The van der Waals surface area contributed by atoms with Crippen LogP contribution in [0.1, 0.15) is 51.2 Å². The van der Waals surface area contributed by atoms with Crippen molar-refractivity contribution in [1.82, 2.24) is 19.7 Å². The average Bonchev–Trinajstić information content (AvgIpc) is 2.87. The van der Waals surface area contributed by atoms with E-state index in [1.54, 1.807) is 0 Å². The van der Waals surface area contributed by atoms with Crippen LogP contribution in [0, 0.1) is 25.2 Å². The molecule has 1 aromatic heterocycles. The fourth-order valence-corrected chi connectivity index (χ4v) is 3.64. The smallest absolute Gasteiger partial charge is 0.230 e. The molecule has 0 saturated carbocycles. The normalized spacial score (nSPS) is 19.2. The van der Waals surface area contributed by atoms with Gasteiger partial charge in [0.1, 0.15) is 11.6 Å². The zero-order valence-electron chi connectivity index (χ0n) is 15.0. The van der Waals surface area contributed by atoms with Gasteiger partial charge in [0, 0.05) is 26.2 Å². The van der Waals surface area contributed by atoms with Gasteiger partial charge in [0.2, 0.25) is 5.91 Å². The zero-order valence-corrected chi connectivity index (χ0v) is 15.0. The second-order valence-electron chi connectivity index (χ2n) is 6.84. The maximum Gasteiger partial charge on any atom is 0.230 e. The van der Waals surface area contributed by atoms with E-state index in [4.69, 9.17) is 5.73 Å². The van der Waals surface area contributed by atoms with Gasteiger partial charge in [-0.2, -0.15) is 5.10 Å². The van der Waals surface area contributed by atoms with Crippen molar-refractivity contribution in [2.24, 2.45) is 17.1 Å². The highest BCUT2D eigenvalue weighted by Gasteiger charge is 2.38. The van der Waals surface area contributed by atoms with Crippen molar-refractivity contribution in [2.75, 3.05) is 19.6 Å². The van der Waals surface area contributed by atoms with E-state index >= 15 is 0 Å². The number of piperidine rings is 1.